The lowest BCUT2D eigenvalue weighted by Gasteiger charge is -2.23. The smallest absolute Gasteiger partial charge is 0.278 e. The summed E-state index contributed by atoms with van der Waals surface area (Å²) in [5.41, 5.74) is 9.05. The van der Waals surface area contributed by atoms with Crippen LogP contribution in [0.15, 0.2) is 77.7 Å². The summed E-state index contributed by atoms with van der Waals surface area (Å²) in [5.74, 6) is 0.711. The average molecular weight is 458 g/mol. The van der Waals surface area contributed by atoms with Gasteiger partial charge in [0.1, 0.15) is 11.3 Å². The van der Waals surface area contributed by atoms with Crippen LogP contribution < -0.4 is 11.3 Å². The van der Waals surface area contributed by atoms with Crippen LogP contribution in [0.5, 0.6) is 0 Å². The lowest BCUT2D eigenvalue weighted by atomic mass is 10.1. The number of hydrogen-bond donors (Lipinski definition) is 1. The van der Waals surface area contributed by atoms with Gasteiger partial charge in [-0.3, -0.25) is 14.2 Å². The quantitative estimate of drug-likeness (QED) is 0.396. The zero-order valence-electron chi connectivity index (χ0n) is 19.6. The van der Waals surface area contributed by atoms with Gasteiger partial charge in [0.05, 0.1) is 6.54 Å². The van der Waals surface area contributed by atoms with Gasteiger partial charge in [-0.15, -0.1) is 0 Å². The highest BCUT2D eigenvalue weighted by molar-refractivity contribution is 5.94. The van der Waals surface area contributed by atoms with Gasteiger partial charge >= 0.3 is 0 Å². The molecule has 0 atom stereocenters. The van der Waals surface area contributed by atoms with Crippen molar-refractivity contribution in [1.82, 2.24) is 19.1 Å². The number of nitrogens with zero attached hydrogens (tertiary/aromatic N) is 4. The van der Waals surface area contributed by atoms with Crippen molar-refractivity contribution in [2.24, 2.45) is 5.73 Å². The summed E-state index contributed by atoms with van der Waals surface area (Å²) in [4.78, 5) is 28.2. The van der Waals surface area contributed by atoms with Crippen molar-refractivity contribution in [3.8, 4) is 0 Å². The third-order valence-electron chi connectivity index (χ3n) is 5.96. The SMILES string of the molecule is Cc1ccc(C(=O)N(CCCN)CCCc2nn3cccc3c(=O)n2Cc2ccccc2)cc1. The molecule has 7 heteroatoms. The van der Waals surface area contributed by atoms with Crippen LogP contribution in [-0.4, -0.2) is 44.6 Å². The molecule has 0 aliphatic carbocycles. The first kappa shape index (κ1) is 23.4. The molecule has 1 amide bonds. The highest BCUT2D eigenvalue weighted by atomic mass is 16.2. The third kappa shape index (κ3) is 5.43. The van der Waals surface area contributed by atoms with Gasteiger partial charge in [-0.1, -0.05) is 48.0 Å². The van der Waals surface area contributed by atoms with Crippen molar-refractivity contribution >= 4 is 11.4 Å². The van der Waals surface area contributed by atoms with E-state index in [0.29, 0.717) is 55.9 Å². The fourth-order valence-corrected chi connectivity index (χ4v) is 4.08. The molecule has 2 aromatic heterocycles. The molecule has 0 unspecified atom stereocenters. The van der Waals surface area contributed by atoms with Crippen LogP contribution in [0, 0.1) is 6.92 Å². The van der Waals surface area contributed by atoms with E-state index in [-0.39, 0.29) is 11.5 Å². The Morgan fingerprint density at radius 1 is 0.971 bits per heavy atom. The maximum atomic E-state index is 13.2. The molecule has 0 saturated carbocycles. The molecule has 2 heterocycles. The van der Waals surface area contributed by atoms with Gasteiger partial charge < -0.3 is 10.6 Å². The second-order valence-corrected chi connectivity index (χ2v) is 8.54. The highest BCUT2D eigenvalue weighted by Gasteiger charge is 2.17. The number of benzene rings is 2. The first-order valence-corrected chi connectivity index (χ1v) is 11.7. The largest absolute Gasteiger partial charge is 0.339 e. The number of carbonyl (C=O) groups excluding carboxylic acids is 1. The summed E-state index contributed by atoms with van der Waals surface area (Å²) in [6.07, 6.45) is 3.80. The maximum absolute atomic E-state index is 13.2. The molecule has 0 fully saturated rings. The Bertz CT molecular complexity index is 1290. The minimum atomic E-state index is -0.0606. The summed E-state index contributed by atoms with van der Waals surface area (Å²) in [7, 11) is 0. The maximum Gasteiger partial charge on any atom is 0.278 e. The molecule has 2 N–H and O–H groups in total. The van der Waals surface area contributed by atoms with Gasteiger partial charge in [-0.25, -0.2) is 4.52 Å². The number of aromatic nitrogens is 3. The van der Waals surface area contributed by atoms with Crippen molar-refractivity contribution in [2.75, 3.05) is 19.6 Å². The van der Waals surface area contributed by atoms with Crippen molar-refractivity contribution in [2.45, 2.75) is 32.7 Å². The molecule has 176 valence electrons. The van der Waals surface area contributed by atoms with Gasteiger partial charge in [-0.2, -0.15) is 5.10 Å². The van der Waals surface area contributed by atoms with E-state index in [1.54, 1.807) is 21.3 Å². The first-order valence-electron chi connectivity index (χ1n) is 11.7. The summed E-state index contributed by atoms with van der Waals surface area (Å²) >= 11 is 0. The van der Waals surface area contributed by atoms with Gasteiger partial charge in [0.2, 0.25) is 0 Å². The fourth-order valence-electron chi connectivity index (χ4n) is 4.08. The fraction of sp³-hybridized carbons (Fsp3) is 0.296. The van der Waals surface area contributed by atoms with E-state index < -0.39 is 0 Å². The molecule has 7 nitrogen and oxygen atoms in total. The molecule has 0 saturated heterocycles. The minimum Gasteiger partial charge on any atom is -0.339 e. The zero-order valence-corrected chi connectivity index (χ0v) is 19.6. The highest BCUT2D eigenvalue weighted by Crippen LogP contribution is 2.11. The number of hydrogen-bond acceptors (Lipinski definition) is 4. The topological polar surface area (TPSA) is 85.6 Å². The van der Waals surface area contributed by atoms with E-state index in [1.165, 1.54) is 0 Å². The zero-order chi connectivity index (χ0) is 23.9. The Balaban J connectivity index is 1.54. The van der Waals surface area contributed by atoms with Crippen LogP contribution in [0.1, 0.15) is 40.2 Å². The molecule has 34 heavy (non-hydrogen) atoms. The number of fused-ring (bicyclic) bond motifs is 1. The molecule has 4 rings (SSSR count). The van der Waals surface area contributed by atoms with Crippen LogP contribution in [0.3, 0.4) is 0 Å². The average Bonchev–Trinajstić information content (AvgIpc) is 3.33. The van der Waals surface area contributed by atoms with Crippen LogP contribution in [0.25, 0.3) is 5.52 Å². The second-order valence-electron chi connectivity index (χ2n) is 8.54. The Morgan fingerprint density at radius 3 is 2.44 bits per heavy atom. The molecule has 4 aromatic rings. The van der Waals surface area contributed by atoms with Gasteiger partial charge in [0.15, 0.2) is 0 Å². The molecular formula is C27H31N5O2. The molecule has 2 aromatic carbocycles. The molecule has 0 aliphatic heterocycles. The third-order valence-corrected chi connectivity index (χ3v) is 5.96. The van der Waals surface area contributed by atoms with Crippen LogP contribution >= 0.6 is 0 Å². The molecule has 0 radical (unpaired) electrons. The van der Waals surface area contributed by atoms with E-state index in [2.05, 4.69) is 0 Å². The van der Waals surface area contributed by atoms with Gasteiger partial charge in [0.25, 0.3) is 11.5 Å². The Labute approximate surface area is 199 Å². The summed E-state index contributed by atoms with van der Waals surface area (Å²) < 4.78 is 3.39. The van der Waals surface area contributed by atoms with Crippen molar-refractivity contribution < 1.29 is 4.79 Å². The number of aryl methyl sites for hydroxylation is 2. The summed E-state index contributed by atoms with van der Waals surface area (Å²) in [6.45, 7) is 4.16. The number of carbonyl (C=O) groups is 1. The number of rotatable bonds is 10. The van der Waals surface area contributed by atoms with E-state index in [9.17, 15) is 9.59 Å². The molecule has 0 spiro atoms. The number of nitrogens with two attached hydrogens (primary N) is 1. The normalized spacial score (nSPS) is 11.1. The Hall–Kier alpha value is -3.71. The van der Waals surface area contributed by atoms with Crippen LogP contribution in [0.4, 0.5) is 0 Å². The van der Waals surface area contributed by atoms with Crippen molar-refractivity contribution in [3.63, 3.8) is 0 Å². The lowest BCUT2D eigenvalue weighted by molar-refractivity contribution is 0.0752. The van der Waals surface area contributed by atoms with Gasteiger partial charge in [-0.05, 0) is 56.1 Å². The summed E-state index contributed by atoms with van der Waals surface area (Å²) in [5, 5.41) is 4.72. The first-order chi connectivity index (χ1) is 16.6. The second kappa shape index (κ2) is 10.9. The predicted octanol–water partition coefficient (Wildman–Crippen LogP) is 3.28. The molecular weight excluding hydrogens is 426 g/mol. The summed E-state index contributed by atoms with van der Waals surface area (Å²) in [6, 6.07) is 21.2. The number of amides is 1. The van der Waals surface area contributed by atoms with Crippen molar-refractivity contribution in [1.29, 1.82) is 0 Å². The van der Waals surface area contributed by atoms with E-state index >= 15 is 0 Å². The predicted molar refractivity (Wildman–Crippen MR) is 134 cm³/mol. The molecule has 0 bridgehead atoms. The lowest BCUT2D eigenvalue weighted by Crippen LogP contribution is -2.34. The molecule has 0 aliphatic rings. The van der Waals surface area contributed by atoms with Crippen LogP contribution in [0.2, 0.25) is 0 Å². The van der Waals surface area contributed by atoms with E-state index in [1.807, 2.05) is 72.5 Å². The Morgan fingerprint density at radius 2 is 1.71 bits per heavy atom. The standard InChI is InChI=1S/C27H31N5O2/c1-21-12-14-23(15-13-21)26(33)30(18-7-16-28)17-6-11-25-29-32-19-5-10-24(32)27(34)31(25)20-22-8-3-2-4-9-22/h2-5,8-10,12-15,19H,6-7,11,16-18,20,28H2,1H3. The van der Waals surface area contributed by atoms with Crippen molar-refractivity contribution in [3.05, 3.63) is 106 Å². The van der Waals surface area contributed by atoms with Crippen LogP contribution in [-0.2, 0) is 13.0 Å². The Kier molecular flexibility index (Phi) is 7.54. The monoisotopic (exact) mass is 457 g/mol. The van der Waals surface area contributed by atoms with E-state index in [4.69, 9.17) is 10.8 Å². The van der Waals surface area contributed by atoms with E-state index in [0.717, 1.165) is 17.5 Å². The van der Waals surface area contributed by atoms with Gasteiger partial charge in [0, 0.05) is 31.3 Å². The minimum absolute atomic E-state index is 0.00365.